The first-order chi connectivity index (χ1) is 28.7. The van der Waals surface area contributed by atoms with E-state index in [4.69, 9.17) is 4.42 Å². The van der Waals surface area contributed by atoms with Crippen LogP contribution in [0.2, 0.25) is 0 Å². The van der Waals surface area contributed by atoms with Gasteiger partial charge in [0.25, 0.3) is 0 Å². The van der Waals surface area contributed by atoms with E-state index in [0.717, 1.165) is 39.2 Å². The Kier molecular flexibility index (Phi) is 8.19. The summed E-state index contributed by atoms with van der Waals surface area (Å²) in [5.41, 5.74) is 14.7. The van der Waals surface area contributed by atoms with Crippen LogP contribution in [-0.2, 0) is 0 Å². The molecule has 11 aromatic rings. The Bertz CT molecular complexity index is 3250. The second kappa shape index (κ2) is 14.1. The van der Waals surface area contributed by atoms with Crippen molar-refractivity contribution in [2.75, 3.05) is 4.90 Å². The molecule has 0 N–H and O–H groups in total. The summed E-state index contributed by atoms with van der Waals surface area (Å²) >= 11 is 0. The van der Waals surface area contributed by atoms with Crippen LogP contribution >= 0.6 is 0 Å². The van der Waals surface area contributed by atoms with E-state index in [1.807, 2.05) is 12.1 Å². The van der Waals surface area contributed by atoms with Crippen molar-refractivity contribution in [1.82, 2.24) is 0 Å². The fraction of sp³-hybridized carbons (Fsp3) is 0. The predicted molar refractivity (Wildman–Crippen MR) is 245 cm³/mol. The van der Waals surface area contributed by atoms with Gasteiger partial charge in [-0.15, -0.1) is 0 Å². The molecule has 0 aliphatic rings. The van der Waals surface area contributed by atoms with Gasteiger partial charge in [0.05, 0.1) is 5.69 Å². The zero-order chi connectivity index (χ0) is 38.4. The lowest BCUT2D eigenvalue weighted by Gasteiger charge is -2.28. The molecule has 10 aromatic carbocycles. The van der Waals surface area contributed by atoms with Gasteiger partial charge in [-0.05, 0) is 109 Å². The quantitative estimate of drug-likeness (QED) is 0.162. The first-order valence-corrected chi connectivity index (χ1v) is 19.8. The van der Waals surface area contributed by atoms with Crippen LogP contribution in [0, 0.1) is 0 Å². The molecular formula is C56H37NO. The van der Waals surface area contributed by atoms with Crippen LogP contribution in [-0.4, -0.2) is 0 Å². The molecule has 0 amide bonds. The van der Waals surface area contributed by atoms with Crippen molar-refractivity contribution >= 4 is 60.5 Å². The lowest BCUT2D eigenvalue weighted by atomic mass is 9.94. The van der Waals surface area contributed by atoms with Gasteiger partial charge in [-0.25, -0.2) is 0 Å². The van der Waals surface area contributed by atoms with Crippen molar-refractivity contribution in [1.29, 1.82) is 0 Å². The number of fused-ring (bicyclic) bond motifs is 6. The highest BCUT2D eigenvalue weighted by Gasteiger charge is 2.19. The van der Waals surface area contributed by atoms with Gasteiger partial charge >= 0.3 is 0 Å². The molecule has 1 heterocycles. The number of para-hydroxylation sites is 2. The van der Waals surface area contributed by atoms with E-state index in [9.17, 15) is 0 Å². The van der Waals surface area contributed by atoms with E-state index in [0.29, 0.717) is 0 Å². The maximum atomic E-state index is 6.27. The zero-order valence-electron chi connectivity index (χ0n) is 31.7. The molecular weight excluding hydrogens is 703 g/mol. The second-order valence-electron chi connectivity index (χ2n) is 14.9. The van der Waals surface area contributed by atoms with E-state index >= 15 is 0 Å². The summed E-state index contributed by atoms with van der Waals surface area (Å²) in [6.45, 7) is 0. The molecule has 2 heteroatoms. The molecule has 0 bridgehead atoms. The topological polar surface area (TPSA) is 16.4 Å². The average molecular weight is 740 g/mol. The van der Waals surface area contributed by atoms with Crippen molar-refractivity contribution in [2.24, 2.45) is 0 Å². The Hall–Kier alpha value is -7.68. The predicted octanol–water partition coefficient (Wildman–Crippen LogP) is 16.0. The van der Waals surface area contributed by atoms with E-state index in [-0.39, 0.29) is 0 Å². The van der Waals surface area contributed by atoms with E-state index in [1.165, 1.54) is 65.9 Å². The Morgan fingerprint density at radius 1 is 0.293 bits per heavy atom. The first kappa shape index (κ1) is 33.6. The SMILES string of the molecule is c1ccc(-c2ccc(-c3ccccc3N(c3ccc(-c4ccccc4)cc3)c3ccc4c(-c5ccc6ccc7oc8ccccc8c7c6c5)cccc4c3)cc2)cc1. The molecule has 1 aromatic heterocycles. The molecule has 0 aliphatic carbocycles. The highest BCUT2D eigenvalue weighted by molar-refractivity contribution is 6.19. The first-order valence-electron chi connectivity index (χ1n) is 19.8. The van der Waals surface area contributed by atoms with Crippen LogP contribution < -0.4 is 4.90 Å². The van der Waals surface area contributed by atoms with Crippen LogP contribution in [0.4, 0.5) is 17.1 Å². The summed E-state index contributed by atoms with van der Waals surface area (Å²) in [5.74, 6) is 0. The summed E-state index contributed by atoms with van der Waals surface area (Å²) < 4.78 is 6.27. The molecule has 0 saturated heterocycles. The third-order valence-electron chi connectivity index (χ3n) is 11.5. The summed E-state index contributed by atoms with van der Waals surface area (Å²) in [6, 6.07) is 80.7. The van der Waals surface area contributed by atoms with Crippen molar-refractivity contribution < 1.29 is 4.42 Å². The van der Waals surface area contributed by atoms with Crippen LogP contribution in [0.15, 0.2) is 229 Å². The molecule has 0 atom stereocenters. The third kappa shape index (κ3) is 5.91. The zero-order valence-corrected chi connectivity index (χ0v) is 31.7. The maximum absolute atomic E-state index is 6.27. The molecule has 0 unspecified atom stereocenters. The standard InChI is InChI=1S/C56H37NO/c1-3-12-38(13-4-1)40-22-24-42(25-23-40)50-17-7-9-20-53(50)57(46-31-28-41(29-32-46)39-14-5-2-6-15-39)47-33-34-49-44(36-47)16-11-19-48(49)45-27-26-43-30-35-55-56(52(43)37-45)51-18-8-10-21-54(51)58-55/h1-37H. The molecule has 0 saturated carbocycles. The van der Waals surface area contributed by atoms with Gasteiger partial charge in [0.15, 0.2) is 0 Å². The Morgan fingerprint density at radius 3 is 1.66 bits per heavy atom. The van der Waals surface area contributed by atoms with Crippen LogP contribution in [0.3, 0.4) is 0 Å². The molecule has 0 aliphatic heterocycles. The van der Waals surface area contributed by atoms with Crippen LogP contribution in [0.1, 0.15) is 0 Å². The monoisotopic (exact) mass is 739 g/mol. The largest absolute Gasteiger partial charge is 0.456 e. The van der Waals surface area contributed by atoms with E-state index < -0.39 is 0 Å². The summed E-state index contributed by atoms with van der Waals surface area (Å²) in [5, 5.41) is 7.10. The Balaban J connectivity index is 1.04. The van der Waals surface area contributed by atoms with Crippen LogP contribution in [0.5, 0.6) is 0 Å². The molecule has 11 rings (SSSR count). The number of hydrogen-bond donors (Lipinski definition) is 0. The molecule has 272 valence electrons. The highest BCUT2D eigenvalue weighted by Crippen LogP contribution is 2.44. The molecule has 0 radical (unpaired) electrons. The van der Waals surface area contributed by atoms with Crippen molar-refractivity contribution in [3.05, 3.63) is 224 Å². The minimum absolute atomic E-state index is 0.915. The van der Waals surface area contributed by atoms with Gasteiger partial charge < -0.3 is 9.32 Å². The van der Waals surface area contributed by atoms with E-state index in [2.05, 4.69) is 217 Å². The van der Waals surface area contributed by atoms with Crippen molar-refractivity contribution in [2.45, 2.75) is 0 Å². The number of rotatable bonds is 7. The van der Waals surface area contributed by atoms with Gasteiger partial charge in [0.2, 0.25) is 0 Å². The van der Waals surface area contributed by atoms with Gasteiger partial charge in [0, 0.05) is 27.7 Å². The minimum atomic E-state index is 0.915. The number of hydrogen-bond acceptors (Lipinski definition) is 2. The van der Waals surface area contributed by atoms with Crippen molar-refractivity contribution in [3.8, 4) is 44.5 Å². The highest BCUT2D eigenvalue weighted by atomic mass is 16.3. The summed E-state index contributed by atoms with van der Waals surface area (Å²) in [7, 11) is 0. The molecule has 0 fully saturated rings. The fourth-order valence-corrected chi connectivity index (χ4v) is 8.62. The van der Waals surface area contributed by atoms with Gasteiger partial charge in [-0.2, -0.15) is 0 Å². The second-order valence-corrected chi connectivity index (χ2v) is 14.9. The third-order valence-corrected chi connectivity index (χ3v) is 11.5. The van der Waals surface area contributed by atoms with E-state index in [1.54, 1.807) is 0 Å². The smallest absolute Gasteiger partial charge is 0.136 e. The number of anilines is 3. The van der Waals surface area contributed by atoms with Gasteiger partial charge in [-0.3, -0.25) is 0 Å². The maximum Gasteiger partial charge on any atom is 0.136 e. The molecule has 0 spiro atoms. The number of furan rings is 1. The fourth-order valence-electron chi connectivity index (χ4n) is 8.62. The Labute approximate surface area is 337 Å². The van der Waals surface area contributed by atoms with Crippen LogP contribution in [0.25, 0.3) is 88.0 Å². The van der Waals surface area contributed by atoms with Gasteiger partial charge in [0.1, 0.15) is 11.2 Å². The number of nitrogens with zero attached hydrogens (tertiary/aromatic N) is 1. The minimum Gasteiger partial charge on any atom is -0.456 e. The molecule has 2 nitrogen and oxygen atoms in total. The van der Waals surface area contributed by atoms with Crippen molar-refractivity contribution in [3.63, 3.8) is 0 Å². The average Bonchev–Trinajstić information content (AvgIpc) is 3.69. The summed E-state index contributed by atoms with van der Waals surface area (Å²) in [6.07, 6.45) is 0. The lowest BCUT2D eigenvalue weighted by Crippen LogP contribution is -2.11. The van der Waals surface area contributed by atoms with Gasteiger partial charge in [-0.1, -0.05) is 176 Å². The lowest BCUT2D eigenvalue weighted by molar-refractivity contribution is 0.669. The summed E-state index contributed by atoms with van der Waals surface area (Å²) in [4.78, 5) is 2.40. The Morgan fingerprint density at radius 2 is 0.879 bits per heavy atom. The number of benzene rings is 10. The normalized spacial score (nSPS) is 11.4. The molecule has 58 heavy (non-hydrogen) atoms.